The van der Waals surface area contributed by atoms with Gasteiger partial charge in [-0.2, -0.15) is 8.42 Å². The summed E-state index contributed by atoms with van der Waals surface area (Å²) in [5.74, 6) is 0. The van der Waals surface area contributed by atoms with Crippen LogP contribution in [0.15, 0.2) is 15.5 Å². The maximum atomic E-state index is 10.9. The van der Waals surface area contributed by atoms with E-state index in [0.717, 1.165) is 11.9 Å². The predicted octanol–water partition coefficient (Wildman–Crippen LogP) is 0.238. The Morgan fingerprint density at radius 3 is 2.77 bits per heavy atom. The molecule has 1 rings (SSSR count). The lowest BCUT2D eigenvalue weighted by Crippen LogP contribution is -2.26. The van der Waals surface area contributed by atoms with Crippen LogP contribution in [0, 0.1) is 10.1 Å². The maximum absolute atomic E-state index is 10.9. The molecule has 10 heteroatoms. The summed E-state index contributed by atoms with van der Waals surface area (Å²) >= 11 is 6.31. The van der Waals surface area contributed by atoms with Crippen molar-refractivity contribution in [3.8, 4) is 0 Å². The number of rotatable bonds is 1. The monoisotopic (exact) mass is 243 g/mol. The summed E-state index contributed by atoms with van der Waals surface area (Å²) in [6.45, 7) is 0. The summed E-state index contributed by atoms with van der Waals surface area (Å²) in [6, 6.07) is 0. The van der Waals surface area contributed by atoms with Crippen molar-refractivity contribution in [2.45, 2.75) is 0 Å². The Morgan fingerprint density at radius 1 is 1.69 bits per heavy atom. The summed E-state index contributed by atoms with van der Waals surface area (Å²) in [4.78, 5) is 12.3. The first-order valence-corrected chi connectivity index (χ1v) is 5.40. The summed E-state index contributed by atoms with van der Waals surface area (Å²) in [7, 11) is -4.65. The van der Waals surface area contributed by atoms with Crippen molar-refractivity contribution in [1.82, 2.24) is 4.83 Å². The Kier molecular flexibility index (Phi) is 2.78. The number of nitrogens with zero attached hydrogens (tertiary/aromatic N) is 2. The van der Waals surface area contributed by atoms with E-state index in [1.165, 1.54) is 5.41 Å². The van der Waals surface area contributed by atoms with Crippen molar-refractivity contribution >= 4 is 38.6 Å². The number of sulfonamides is 1. The van der Waals surface area contributed by atoms with E-state index >= 15 is 0 Å². The van der Waals surface area contributed by atoms with Gasteiger partial charge in [0.1, 0.15) is 0 Å². The predicted molar refractivity (Wildman–Crippen MR) is 48.0 cm³/mol. The van der Waals surface area contributed by atoms with Crippen LogP contribution in [0.1, 0.15) is 0 Å². The lowest BCUT2D eigenvalue weighted by molar-refractivity contribution is -0.301. The molecule has 1 aliphatic heterocycles. The zero-order valence-electron chi connectivity index (χ0n) is 5.80. The molecule has 0 aromatic carbocycles. The molecule has 0 bridgehead atoms. The molecule has 0 radical (unpaired) electrons. The van der Waals surface area contributed by atoms with Crippen molar-refractivity contribution in [3.63, 3.8) is 0 Å². The highest BCUT2D eigenvalue weighted by Gasteiger charge is 2.35. The number of nitrogens with one attached hydrogen (secondary N) is 1. The van der Waals surface area contributed by atoms with Gasteiger partial charge in [-0.3, -0.25) is 0 Å². The number of hydrogen-bond acceptors (Lipinski definition) is 7. The zero-order chi connectivity index (χ0) is 10.1. The SMILES string of the molecule is O=[N+]([O-])S(=O)(=O)C1=NNSC=C1Cl. The largest absolute Gasteiger partial charge is 0.469 e. The van der Waals surface area contributed by atoms with Crippen molar-refractivity contribution in [2.75, 3.05) is 0 Å². The van der Waals surface area contributed by atoms with Gasteiger partial charge in [0.2, 0.25) is 0 Å². The highest BCUT2D eigenvalue weighted by Crippen LogP contribution is 2.18. The second-order valence-corrected chi connectivity index (χ2v) is 4.49. The fourth-order valence-electron chi connectivity index (χ4n) is 0.501. The van der Waals surface area contributed by atoms with Crippen LogP contribution in [0.4, 0.5) is 0 Å². The summed E-state index contributed by atoms with van der Waals surface area (Å²) in [5.41, 5.74) is 0. The molecule has 0 saturated heterocycles. The standard InChI is InChI=1S/C3H2ClN3O4S2/c4-2-1-12-6-5-3(2)13(10,11)7(8)9/h1,6H. The van der Waals surface area contributed by atoms with Gasteiger partial charge in [-0.1, -0.05) is 11.6 Å². The van der Waals surface area contributed by atoms with Crippen LogP contribution in [0.5, 0.6) is 0 Å². The Bertz CT molecular complexity index is 399. The van der Waals surface area contributed by atoms with Gasteiger partial charge in [0.15, 0.2) is 4.33 Å². The van der Waals surface area contributed by atoms with Crippen molar-refractivity contribution in [2.24, 2.45) is 5.10 Å². The molecule has 1 N–H and O–H groups in total. The molecule has 0 amide bonds. The highest BCUT2D eigenvalue weighted by molar-refractivity contribution is 8.03. The Morgan fingerprint density at radius 2 is 2.31 bits per heavy atom. The third-order valence-corrected chi connectivity index (χ3v) is 3.28. The molecule has 0 spiro atoms. The van der Waals surface area contributed by atoms with Gasteiger partial charge in [-0.15, -0.1) is 5.10 Å². The van der Waals surface area contributed by atoms with Gasteiger partial charge in [0, 0.05) is 5.41 Å². The second-order valence-electron chi connectivity index (χ2n) is 1.79. The Hall–Kier alpha value is -0.800. The van der Waals surface area contributed by atoms with Gasteiger partial charge < -0.3 is 0 Å². The minimum atomic E-state index is -4.65. The van der Waals surface area contributed by atoms with Gasteiger partial charge >= 0.3 is 10.0 Å². The highest BCUT2D eigenvalue weighted by atomic mass is 35.5. The molecule has 0 aromatic rings. The molecule has 0 atom stereocenters. The van der Waals surface area contributed by atoms with E-state index < -0.39 is 19.4 Å². The molecule has 1 heterocycles. The van der Waals surface area contributed by atoms with Crippen LogP contribution < -0.4 is 4.83 Å². The normalized spacial score (nSPS) is 17.0. The van der Waals surface area contributed by atoms with Crippen LogP contribution in [0.2, 0.25) is 0 Å². The van der Waals surface area contributed by atoms with Crippen LogP contribution in [0.3, 0.4) is 0 Å². The Balaban J connectivity index is 3.17. The van der Waals surface area contributed by atoms with E-state index in [0.29, 0.717) is 0 Å². The van der Waals surface area contributed by atoms with Crippen LogP contribution >= 0.6 is 23.5 Å². The van der Waals surface area contributed by atoms with E-state index in [4.69, 9.17) is 11.6 Å². The average molecular weight is 244 g/mol. The van der Waals surface area contributed by atoms with E-state index in [9.17, 15) is 18.5 Å². The topological polar surface area (TPSA) is 102 Å². The van der Waals surface area contributed by atoms with Crippen LogP contribution in [0.25, 0.3) is 0 Å². The molecule has 0 unspecified atom stereocenters. The molecule has 72 valence electrons. The van der Waals surface area contributed by atoms with Crippen molar-refractivity contribution < 1.29 is 12.7 Å². The summed E-state index contributed by atoms with van der Waals surface area (Å²) in [5, 5.41) is 13.4. The fourth-order valence-corrected chi connectivity index (χ4v) is 2.12. The molecule has 0 aliphatic carbocycles. The molecule has 1 aliphatic rings. The number of hydrogen-bond donors (Lipinski definition) is 1. The quantitative estimate of drug-likeness (QED) is 0.402. The number of nitro groups is 1. The first-order chi connectivity index (χ1) is 5.96. The molecular formula is C3H2ClN3O4S2. The number of hydrazone groups is 1. The van der Waals surface area contributed by atoms with Gasteiger partial charge in [0.25, 0.3) is 5.04 Å². The fraction of sp³-hybridized carbons (Fsp3) is 0. The minimum absolute atomic E-state index is 0.277. The van der Waals surface area contributed by atoms with Crippen molar-refractivity contribution in [3.05, 3.63) is 20.6 Å². The summed E-state index contributed by atoms with van der Waals surface area (Å²) < 4.78 is 20.3. The van der Waals surface area contributed by atoms with Gasteiger partial charge in [-0.05, 0) is 11.9 Å². The molecule has 7 nitrogen and oxygen atoms in total. The van der Waals surface area contributed by atoms with E-state index in [2.05, 4.69) is 9.93 Å². The van der Waals surface area contributed by atoms with E-state index in [-0.39, 0.29) is 5.03 Å². The molecule has 0 aromatic heterocycles. The average Bonchev–Trinajstić information content (AvgIpc) is 2.04. The number of halogens is 1. The third-order valence-electron chi connectivity index (χ3n) is 1.01. The molecule has 13 heavy (non-hydrogen) atoms. The maximum Gasteiger partial charge on any atom is 0.469 e. The first-order valence-electron chi connectivity index (χ1n) is 2.70. The lowest BCUT2D eigenvalue weighted by Gasteiger charge is -2.04. The molecule has 0 fully saturated rings. The third kappa shape index (κ3) is 1.92. The smallest absolute Gasteiger partial charge is 0.246 e. The second kappa shape index (κ2) is 3.52. The van der Waals surface area contributed by atoms with Gasteiger partial charge in [-0.25, -0.2) is 14.9 Å². The Labute approximate surface area is 82.2 Å². The van der Waals surface area contributed by atoms with Crippen LogP contribution in [-0.4, -0.2) is 17.8 Å². The van der Waals surface area contributed by atoms with Crippen molar-refractivity contribution in [1.29, 1.82) is 0 Å². The van der Waals surface area contributed by atoms with E-state index in [1.54, 1.807) is 0 Å². The lowest BCUT2D eigenvalue weighted by atomic mass is 10.7. The summed E-state index contributed by atoms with van der Waals surface area (Å²) in [6.07, 6.45) is 0. The first kappa shape index (κ1) is 10.3. The minimum Gasteiger partial charge on any atom is -0.246 e. The zero-order valence-corrected chi connectivity index (χ0v) is 8.19. The van der Waals surface area contributed by atoms with Gasteiger partial charge in [0.05, 0.1) is 5.03 Å². The van der Waals surface area contributed by atoms with E-state index in [1.807, 2.05) is 0 Å². The molecule has 0 saturated carbocycles. The molecular weight excluding hydrogens is 242 g/mol. The van der Waals surface area contributed by atoms with Crippen LogP contribution in [-0.2, 0) is 10.0 Å².